The molecule has 19 heavy (non-hydrogen) atoms. The number of halogens is 1. The minimum absolute atomic E-state index is 0.275. The number of aromatic nitrogens is 1. The quantitative estimate of drug-likeness (QED) is 0.915. The van der Waals surface area contributed by atoms with E-state index in [0.29, 0.717) is 24.0 Å². The van der Waals surface area contributed by atoms with Gasteiger partial charge in [0.2, 0.25) is 0 Å². The van der Waals surface area contributed by atoms with Crippen molar-refractivity contribution in [1.82, 2.24) is 4.98 Å². The molecule has 0 aliphatic rings. The van der Waals surface area contributed by atoms with Gasteiger partial charge < -0.3 is 15.4 Å². The summed E-state index contributed by atoms with van der Waals surface area (Å²) in [6.07, 6.45) is 0. The van der Waals surface area contributed by atoms with Gasteiger partial charge in [-0.1, -0.05) is 23.5 Å². The zero-order valence-corrected chi connectivity index (χ0v) is 11.7. The second kappa shape index (κ2) is 6.10. The Kier molecular flexibility index (Phi) is 4.47. The third kappa shape index (κ3) is 2.91. The number of ether oxygens (including phenoxy) is 1. The summed E-state index contributed by atoms with van der Waals surface area (Å²) < 4.78 is 18.8. The van der Waals surface area contributed by atoms with Gasteiger partial charge in [-0.3, -0.25) is 0 Å². The maximum Gasteiger partial charge on any atom is 0.190 e. The molecule has 4 nitrogen and oxygen atoms in total. The number of rotatable bonds is 5. The Balaban J connectivity index is 2.34. The van der Waals surface area contributed by atoms with Crippen LogP contribution >= 0.6 is 11.3 Å². The normalized spacial score (nSPS) is 10.7. The summed E-state index contributed by atoms with van der Waals surface area (Å²) in [5.74, 6) is -0.275. The molecule has 2 rings (SSSR count). The molecule has 0 fully saturated rings. The van der Waals surface area contributed by atoms with Crippen LogP contribution in [0.2, 0.25) is 0 Å². The first kappa shape index (κ1) is 13.9. The molecule has 6 heteroatoms. The zero-order valence-electron chi connectivity index (χ0n) is 10.9. The highest BCUT2D eigenvalue weighted by molar-refractivity contribution is 7.15. The van der Waals surface area contributed by atoms with Crippen LogP contribution in [0.1, 0.15) is 10.6 Å². The van der Waals surface area contributed by atoms with Crippen molar-refractivity contribution in [2.45, 2.75) is 13.2 Å². The van der Waals surface area contributed by atoms with Crippen LogP contribution in [0.4, 0.5) is 15.2 Å². The highest BCUT2D eigenvalue weighted by Crippen LogP contribution is 2.31. The SMILES string of the molecule is COCc1nc(N(C)c2ccccc2F)sc1CN. The predicted molar refractivity (Wildman–Crippen MR) is 75.2 cm³/mol. The first-order valence-corrected chi connectivity index (χ1v) is 6.64. The van der Waals surface area contributed by atoms with Crippen LogP contribution in [0.3, 0.4) is 0 Å². The number of para-hydroxylation sites is 1. The van der Waals surface area contributed by atoms with E-state index in [9.17, 15) is 4.39 Å². The molecule has 0 spiro atoms. The van der Waals surface area contributed by atoms with Crippen molar-refractivity contribution in [2.24, 2.45) is 5.73 Å². The van der Waals surface area contributed by atoms with Gasteiger partial charge in [-0.15, -0.1) is 0 Å². The monoisotopic (exact) mass is 281 g/mol. The van der Waals surface area contributed by atoms with Crippen molar-refractivity contribution in [1.29, 1.82) is 0 Å². The number of methoxy groups -OCH3 is 1. The summed E-state index contributed by atoms with van der Waals surface area (Å²) in [4.78, 5) is 7.14. The van der Waals surface area contributed by atoms with Gasteiger partial charge >= 0.3 is 0 Å². The Morgan fingerprint density at radius 1 is 1.42 bits per heavy atom. The van der Waals surface area contributed by atoms with Crippen molar-refractivity contribution in [3.8, 4) is 0 Å². The summed E-state index contributed by atoms with van der Waals surface area (Å²) in [7, 11) is 3.40. The van der Waals surface area contributed by atoms with E-state index < -0.39 is 0 Å². The van der Waals surface area contributed by atoms with E-state index in [4.69, 9.17) is 10.5 Å². The van der Waals surface area contributed by atoms with Crippen LogP contribution in [0.5, 0.6) is 0 Å². The molecular weight excluding hydrogens is 265 g/mol. The standard InChI is InChI=1S/C13H16FN3OS/c1-17(11-6-4-3-5-9(11)14)13-16-10(8-18-2)12(7-15)19-13/h3-6H,7-8,15H2,1-2H3. The summed E-state index contributed by atoms with van der Waals surface area (Å²) in [5.41, 5.74) is 6.99. The number of thiazole rings is 1. The average Bonchev–Trinajstić information content (AvgIpc) is 2.82. The summed E-state index contributed by atoms with van der Waals surface area (Å²) in [6, 6.07) is 6.60. The fraction of sp³-hybridized carbons (Fsp3) is 0.308. The topological polar surface area (TPSA) is 51.4 Å². The molecular formula is C13H16FN3OS. The van der Waals surface area contributed by atoms with Crippen molar-refractivity contribution >= 4 is 22.2 Å². The summed E-state index contributed by atoms with van der Waals surface area (Å²) >= 11 is 1.45. The molecule has 102 valence electrons. The Labute approximate surface area is 115 Å². The first-order valence-electron chi connectivity index (χ1n) is 5.83. The molecule has 0 aliphatic carbocycles. The van der Waals surface area contributed by atoms with E-state index in [1.807, 2.05) is 0 Å². The molecule has 0 atom stereocenters. The van der Waals surface area contributed by atoms with E-state index in [2.05, 4.69) is 4.98 Å². The number of nitrogens with two attached hydrogens (primary N) is 1. The van der Waals surface area contributed by atoms with Gasteiger partial charge in [-0.25, -0.2) is 9.37 Å². The molecule has 0 saturated heterocycles. The molecule has 0 saturated carbocycles. The predicted octanol–water partition coefficient (Wildman–Crippen LogP) is 2.66. The first-order chi connectivity index (χ1) is 9.17. The minimum atomic E-state index is -0.275. The Morgan fingerprint density at radius 3 is 2.79 bits per heavy atom. The lowest BCUT2D eigenvalue weighted by Crippen LogP contribution is -2.10. The van der Waals surface area contributed by atoms with E-state index in [1.54, 1.807) is 37.3 Å². The molecule has 2 N–H and O–H groups in total. The highest BCUT2D eigenvalue weighted by Gasteiger charge is 2.16. The minimum Gasteiger partial charge on any atom is -0.378 e. The van der Waals surface area contributed by atoms with E-state index in [0.717, 1.165) is 10.6 Å². The molecule has 0 amide bonds. The van der Waals surface area contributed by atoms with Gasteiger partial charge in [0.25, 0.3) is 0 Å². The lowest BCUT2D eigenvalue weighted by atomic mass is 10.3. The van der Waals surface area contributed by atoms with Crippen molar-refractivity contribution in [3.63, 3.8) is 0 Å². The van der Waals surface area contributed by atoms with Gasteiger partial charge in [0.15, 0.2) is 5.13 Å². The number of hydrogen-bond donors (Lipinski definition) is 1. The molecule has 0 aliphatic heterocycles. The lowest BCUT2D eigenvalue weighted by Gasteiger charge is -2.16. The van der Waals surface area contributed by atoms with Crippen molar-refractivity contribution < 1.29 is 9.13 Å². The molecule has 1 aromatic carbocycles. The summed E-state index contributed by atoms with van der Waals surface area (Å²) in [6.45, 7) is 0.815. The van der Waals surface area contributed by atoms with Crippen LogP contribution in [0.15, 0.2) is 24.3 Å². The van der Waals surface area contributed by atoms with Gasteiger partial charge in [-0.05, 0) is 12.1 Å². The van der Waals surface area contributed by atoms with Gasteiger partial charge in [0.05, 0.1) is 18.0 Å². The van der Waals surface area contributed by atoms with E-state index >= 15 is 0 Å². The Bertz CT molecular complexity index is 559. The van der Waals surface area contributed by atoms with E-state index in [-0.39, 0.29) is 5.82 Å². The van der Waals surface area contributed by atoms with Crippen molar-refractivity contribution in [2.75, 3.05) is 19.1 Å². The fourth-order valence-corrected chi connectivity index (χ4v) is 2.67. The Morgan fingerprint density at radius 2 is 2.16 bits per heavy atom. The molecule has 0 bridgehead atoms. The smallest absolute Gasteiger partial charge is 0.190 e. The van der Waals surface area contributed by atoms with Gasteiger partial charge in [0.1, 0.15) is 5.82 Å². The van der Waals surface area contributed by atoms with Crippen LogP contribution in [0.25, 0.3) is 0 Å². The second-order valence-corrected chi connectivity index (χ2v) is 5.08. The van der Waals surface area contributed by atoms with Crippen LogP contribution in [0, 0.1) is 5.82 Å². The maximum atomic E-state index is 13.7. The second-order valence-electron chi connectivity index (χ2n) is 4.01. The number of benzene rings is 1. The summed E-state index contributed by atoms with van der Waals surface area (Å²) in [5, 5.41) is 0.706. The van der Waals surface area contributed by atoms with Crippen LogP contribution in [-0.4, -0.2) is 19.1 Å². The van der Waals surface area contributed by atoms with Gasteiger partial charge in [-0.2, -0.15) is 0 Å². The van der Waals surface area contributed by atoms with E-state index in [1.165, 1.54) is 17.4 Å². The lowest BCUT2D eigenvalue weighted by molar-refractivity contribution is 0.181. The number of nitrogens with zero attached hydrogens (tertiary/aromatic N) is 2. The third-order valence-corrected chi connectivity index (χ3v) is 3.93. The largest absolute Gasteiger partial charge is 0.378 e. The molecule has 0 radical (unpaired) electrons. The van der Waals surface area contributed by atoms with Crippen LogP contribution < -0.4 is 10.6 Å². The van der Waals surface area contributed by atoms with Gasteiger partial charge in [0, 0.05) is 25.6 Å². The third-order valence-electron chi connectivity index (χ3n) is 2.73. The number of anilines is 2. The zero-order chi connectivity index (χ0) is 13.8. The highest BCUT2D eigenvalue weighted by atomic mass is 32.1. The van der Waals surface area contributed by atoms with Crippen LogP contribution in [-0.2, 0) is 17.9 Å². The molecule has 2 aromatic rings. The molecule has 0 unspecified atom stereocenters. The average molecular weight is 281 g/mol. The fourth-order valence-electron chi connectivity index (χ4n) is 1.75. The Hall–Kier alpha value is -1.50. The maximum absolute atomic E-state index is 13.7. The molecule has 1 heterocycles. The molecule has 1 aromatic heterocycles. The number of hydrogen-bond acceptors (Lipinski definition) is 5. The van der Waals surface area contributed by atoms with Crippen molar-refractivity contribution in [3.05, 3.63) is 40.7 Å².